The van der Waals surface area contributed by atoms with Gasteiger partial charge >= 0.3 is 0 Å². The minimum atomic E-state index is -0.0657. The summed E-state index contributed by atoms with van der Waals surface area (Å²) in [6, 6.07) is 15.2. The van der Waals surface area contributed by atoms with E-state index in [9.17, 15) is 4.79 Å². The van der Waals surface area contributed by atoms with Crippen LogP contribution in [0.5, 0.6) is 5.75 Å². The molecule has 0 spiro atoms. The van der Waals surface area contributed by atoms with E-state index in [0.29, 0.717) is 49.3 Å². The molecule has 4 rings (SSSR count). The van der Waals surface area contributed by atoms with Crippen molar-refractivity contribution >= 4 is 5.91 Å². The van der Waals surface area contributed by atoms with Gasteiger partial charge in [0.15, 0.2) is 6.61 Å². The van der Waals surface area contributed by atoms with E-state index >= 15 is 0 Å². The van der Waals surface area contributed by atoms with Gasteiger partial charge in [0, 0.05) is 18.7 Å². The zero-order valence-corrected chi connectivity index (χ0v) is 15.6. The average molecular weight is 379 g/mol. The van der Waals surface area contributed by atoms with Crippen molar-refractivity contribution in [1.82, 2.24) is 15.0 Å². The van der Waals surface area contributed by atoms with Gasteiger partial charge in [-0.25, -0.2) is 0 Å². The number of morpholine rings is 1. The predicted octanol–water partition coefficient (Wildman–Crippen LogP) is 2.95. The van der Waals surface area contributed by atoms with E-state index in [0.717, 1.165) is 11.1 Å². The van der Waals surface area contributed by atoms with Gasteiger partial charge in [0.1, 0.15) is 5.75 Å². The van der Waals surface area contributed by atoms with E-state index < -0.39 is 0 Å². The molecule has 1 amide bonds. The number of carbonyl (C=O) groups is 1. The Bertz CT molecular complexity index is 964. The lowest BCUT2D eigenvalue weighted by molar-refractivity contribution is -0.137. The number of aryl methyl sites for hydroxylation is 1. The molecular formula is C21H21N3O4. The van der Waals surface area contributed by atoms with Gasteiger partial charge < -0.3 is 18.9 Å². The molecule has 0 bridgehead atoms. The molecule has 28 heavy (non-hydrogen) atoms. The van der Waals surface area contributed by atoms with Crippen molar-refractivity contribution in [1.29, 1.82) is 0 Å². The van der Waals surface area contributed by atoms with Gasteiger partial charge in [-0.3, -0.25) is 4.79 Å². The van der Waals surface area contributed by atoms with Crippen molar-refractivity contribution in [3.63, 3.8) is 0 Å². The summed E-state index contributed by atoms with van der Waals surface area (Å²) in [5, 5.41) is 4.08. The average Bonchev–Trinajstić information content (AvgIpc) is 3.23. The van der Waals surface area contributed by atoms with Gasteiger partial charge in [0.2, 0.25) is 5.82 Å². The van der Waals surface area contributed by atoms with Crippen LogP contribution in [-0.2, 0) is 9.53 Å². The molecule has 0 aliphatic carbocycles. The number of amides is 1. The topological polar surface area (TPSA) is 77.7 Å². The summed E-state index contributed by atoms with van der Waals surface area (Å²) in [7, 11) is 0. The summed E-state index contributed by atoms with van der Waals surface area (Å²) in [5.41, 5.74) is 2.66. The number of benzene rings is 2. The van der Waals surface area contributed by atoms with Crippen LogP contribution in [0.2, 0.25) is 0 Å². The second-order valence-electron chi connectivity index (χ2n) is 6.57. The minimum absolute atomic E-state index is 0.0457. The van der Waals surface area contributed by atoms with E-state index in [1.54, 1.807) is 11.0 Å². The maximum Gasteiger partial charge on any atom is 0.262 e. The molecule has 7 nitrogen and oxygen atoms in total. The number of para-hydroxylation sites is 1. The Labute approximate surface area is 162 Å². The van der Waals surface area contributed by atoms with Crippen molar-refractivity contribution in [2.75, 3.05) is 32.9 Å². The third kappa shape index (κ3) is 4.04. The normalized spacial score (nSPS) is 14.1. The molecule has 144 valence electrons. The fraction of sp³-hybridized carbons (Fsp3) is 0.286. The molecular weight excluding hydrogens is 358 g/mol. The largest absolute Gasteiger partial charge is 0.483 e. The SMILES string of the molecule is Cc1cccc(-c2noc(-c3ccccc3OCC(=O)N3CCOCC3)n2)c1. The standard InChI is InChI=1S/C21H21N3O4/c1-15-5-4-6-16(13-15)20-22-21(28-23-20)17-7-2-3-8-18(17)27-14-19(25)24-9-11-26-12-10-24/h2-8,13H,9-12,14H2,1H3. The number of nitrogens with zero attached hydrogens (tertiary/aromatic N) is 3. The van der Waals surface area contributed by atoms with Crippen LogP contribution in [0.15, 0.2) is 53.1 Å². The molecule has 2 heterocycles. The lowest BCUT2D eigenvalue weighted by Crippen LogP contribution is -2.43. The summed E-state index contributed by atoms with van der Waals surface area (Å²) in [6.07, 6.45) is 0. The Kier molecular flexibility index (Phi) is 5.34. The van der Waals surface area contributed by atoms with E-state index in [2.05, 4.69) is 10.1 Å². The number of rotatable bonds is 5. The van der Waals surface area contributed by atoms with E-state index in [1.807, 2.05) is 49.4 Å². The first-order chi connectivity index (χ1) is 13.7. The van der Waals surface area contributed by atoms with E-state index in [1.165, 1.54) is 0 Å². The Morgan fingerprint density at radius 1 is 1.14 bits per heavy atom. The Morgan fingerprint density at radius 2 is 1.96 bits per heavy atom. The summed E-state index contributed by atoms with van der Waals surface area (Å²) >= 11 is 0. The van der Waals surface area contributed by atoms with Crippen LogP contribution >= 0.6 is 0 Å². The summed E-state index contributed by atoms with van der Waals surface area (Å²) < 4.78 is 16.5. The molecule has 0 atom stereocenters. The van der Waals surface area contributed by atoms with Crippen molar-refractivity contribution < 1.29 is 18.8 Å². The van der Waals surface area contributed by atoms with Crippen LogP contribution in [-0.4, -0.2) is 53.9 Å². The lowest BCUT2D eigenvalue weighted by Gasteiger charge is -2.26. The van der Waals surface area contributed by atoms with Crippen molar-refractivity contribution in [2.24, 2.45) is 0 Å². The molecule has 0 saturated carbocycles. The molecule has 3 aromatic rings. The molecule has 1 fully saturated rings. The third-order valence-corrected chi connectivity index (χ3v) is 4.53. The fourth-order valence-corrected chi connectivity index (χ4v) is 3.05. The van der Waals surface area contributed by atoms with Crippen LogP contribution in [0.25, 0.3) is 22.8 Å². The second kappa shape index (κ2) is 8.22. The summed E-state index contributed by atoms with van der Waals surface area (Å²) in [6.45, 7) is 4.27. The minimum Gasteiger partial charge on any atom is -0.483 e. The molecule has 2 aromatic carbocycles. The molecule has 0 unspecified atom stereocenters. The van der Waals surface area contributed by atoms with Crippen LogP contribution in [0.4, 0.5) is 0 Å². The van der Waals surface area contributed by atoms with Gasteiger partial charge in [-0.1, -0.05) is 41.1 Å². The van der Waals surface area contributed by atoms with Crippen molar-refractivity contribution in [2.45, 2.75) is 6.92 Å². The maximum atomic E-state index is 12.3. The molecule has 1 aliphatic rings. The quantitative estimate of drug-likeness (QED) is 0.678. The number of hydrogen-bond donors (Lipinski definition) is 0. The molecule has 0 N–H and O–H groups in total. The summed E-state index contributed by atoms with van der Waals surface area (Å²) in [5.74, 6) is 1.33. The first-order valence-corrected chi connectivity index (χ1v) is 9.19. The highest BCUT2D eigenvalue weighted by Crippen LogP contribution is 2.30. The molecule has 1 saturated heterocycles. The molecule has 1 aromatic heterocycles. The second-order valence-corrected chi connectivity index (χ2v) is 6.57. The molecule has 7 heteroatoms. The van der Waals surface area contributed by atoms with Gasteiger partial charge in [-0.15, -0.1) is 0 Å². The zero-order valence-electron chi connectivity index (χ0n) is 15.6. The van der Waals surface area contributed by atoms with Crippen molar-refractivity contribution in [3.05, 3.63) is 54.1 Å². The maximum absolute atomic E-state index is 12.3. The van der Waals surface area contributed by atoms with Crippen LogP contribution in [0, 0.1) is 6.92 Å². The first-order valence-electron chi connectivity index (χ1n) is 9.19. The van der Waals surface area contributed by atoms with E-state index in [4.69, 9.17) is 14.0 Å². The number of carbonyl (C=O) groups excluding carboxylic acids is 1. The highest BCUT2D eigenvalue weighted by molar-refractivity contribution is 5.78. The van der Waals surface area contributed by atoms with Gasteiger partial charge in [-0.2, -0.15) is 4.98 Å². The highest BCUT2D eigenvalue weighted by Gasteiger charge is 2.19. The van der Waals surface area contributed by atoms with Crippen molar-refractivity contribution in [3.8, 4) is 28.6 Å². The molecule has 1 aliphatic heterocycles. The lowest BCUT2D eigenvalue weighted by atomic mass is 10.1. The zero-order chi connectivity index (χ0) is 19.3. The van der Waals surface area contributed by atoms with Crippen LogP contribution in [0.1, 0.15) is 5.56 Å². The number of aromatic nitrogens is 2. The van der Waals surface area contributed by atoms with Gasteiger partial charge in [-0.05, 0) is 25.1 Å². The van der Waals surface area contributed by atoms with Gasteiger partial charge in [0.05, 0.1) is 18.8 Å². The van der Waals surface area contributed by atoms with Crippen LogP contribution < -0.4 is 4.74 Å². The fourth-order valence-electron chi connectivity index (χ4n) is 3.05. The first kappa shape index (κ1) is 18.2. The highest BCUT2D eigenvalue weighted by atomic mass is 16.5. The van der Waals surface area contributed by atoms with Gasteiger partial charge in [0.25, 0.3) is 11.8 Å². The third-order valence-electron chi connectivity index (χ3n) is 4.53. The number of ether oxygens (including phenoxy) is 2. The Balaban J connectivity index is 1.51. The monoisotopic (exact) mass is 379 g/mol. The smallest absolute Gasteiger partial charge is 0.262 e. The Morgan fingerprint density at radius 3 is 2.79 bits per heavy atom. The molecule has 0 radical (unpaired) electrons. The Hall–Kier alpha value is -3.19. The van der Waals surface area contributed by atoms with Crippen LogP contribution in [0.3, 0.4) is 0 Å². The number of hydrogen-bond acceptors (Lipinski definition) is 6. The summed E-state index contributed by atoms with van der Waals surface area (Å²) in [4.78, 5) is 18.6. The predicted molar refractivity (Wildman–Crippen MR) is 103 cm³/mol. The van der Waals surface area contributed by atoms with E-state index in [-0.39, 0.29) is 12.5 Å².